The number of sulfonamides is 1. The van der Waals surface area contributed by atoms with Crippen LogP contribution in [0.3, 0.4) is 0 Å². The molecule has 2 aromatic rings. The lowest BCUT2D eigenvalue weighted by atomic mass is 10.1. The Kier molecular flexibility index (Phi) is 11.2. The van der Waals surface area contributed by atoms with Crippen molar-refractivity contribution in [2.24, 2.45) is 0 Å². The quantitative estimate of drug-likeness (QED) is 0.503. The van der Waals surface area contributed by atoms with E-state index in [1.165, 1.54) is 19.9 Å². The molecule has 0 unspecified atom stereocenters. The van der Waals surface area contributed by atoms with Gasteiger partial charge in [-0.15, -0.1) is 12.4 Å². The van der Waals surface area contributed by atoms with Crippen molar-refractivity contribution in [3.63, 3.8) is 0 Å². The smallest absolute Gasteiger partial charge is 0.215 e. The lowest BCUT2D eigenvalue weighted by Crippen LogP contribution is -2.22. The molecule has 0 amide bonds. The average Bonchev–Trinajstić information content (AvgIpc) is 2.67. The van der Waals surface area contributed by atoms with Crippen LogP contribution in [0.25, 0.3) is 0 Å². The van der Waals surface area contributed by atoms with Gasteiger partial charge < -0.3 is 10.1 Å². The molecule has 156 valence electrons. The molecule has 2 aromatic carbocycles. The van der Waals surface area contributed by atoms with Crippen LogP contribution >= 0.6 is 12.4 Å². The van der Waals surface area contributed by atoms with E-state index in [2.05, 4.69) is 29.1 Å². The normalized spacial score (nSPS) is 11.1. The molecule has 0 radical (unpaired) electrons. The fourth-order valence-electron chi connectivity index (χ4n) is 2.73. The molecule has 2 rings (SSSR count). The Bertz CT molecular complexity index is 796. The minimum Gasteiger partial charge on any atom is -0.494 e. The molecule has 5 nitrogen and oxygen atoms in total. The molecule has 0 aliphatic rings. The van der Waals surface area contributed by atoms with Crippen LogP contribution in [0.15, 0.2) is 48.5 Å². The standard InChI is InChI=1S/C21H30N2O3S.ClH/c1-3-4-7-14-26-21-12-10-18(11-13-21)15-23-16-19-8-5-6-9-20(19)17-27(24,25)22-2;/h5-6,8-13,22-23H,3-4,7,14-17H2,1-2H3;1H. The maximum atomic E-state index is 11.8. The summed E-state index contributed by atoms with van der Waals surface area (Å²) in [6, 6.07) is 15.7. The number of hydrogen-bond donors (Lipinski definition) is 2. The van der Waals surface area contributed by atoms with Gasteiger partial charge in [-0.2, -0.15) is 0 Å². The molecular formula is C21H31ClN2O3S. The van der Waals surface area contributed by atoms with Gasteiger partial charge in [-0.05, 0) is 42.3 Å². The zero-order valence-corrected chi connectivity index (χ0v) is 18.2. The van der Waals surface area contributed by atoms with Crippen molar-refractivity contribution in [2.45, 2.75) is 45.0 Å². The van der Waals surface area contributed by atoms with Crippen molar-refractivity contribution in [2.75, 3.05) is 13.7 Å². The Labute approximate surface area is 175 Å². The molecule has 0 fully saturated rings. The van der Waals surface area contributed by atoms with Crippen molar-refractivity contribution < 1.29 is 13.2 Å². The summed E-state index contributed by atoms with van der Waals surface area (Å²) in [5.74, 6) is 0.892. The molecule has 0 heterocycles. The lowest BCUT2D eigenvalue weighted by Gasteiger charge is -2.11. The second-order valence-corrected chi connectivity index (χ2v) is 8.46. The number of unbranched alkanes of at least 4 members (excludes halogenated alkanes) is 2. The van der Waals surface area contributed by atoms with E-state index in [0.717, 1.165) is 35.5 Å². The Morgan fingerprint density at radius 1 is 0.929 bits per heavy atom. The van der Waals surface area contributed by atoms with Crippen LogP contribution in [-0.2, 0) is 28.9 Å². The Morgan fingerprint density at radius 2 is 1.61 bits per heavy atom. The Balaban J connectivity index is 0.00000392. The second-order valence-electron chi connectivity index (χ2n) is 6.53. The molecule has 0 saturated heterocycles. The highest BCUT2D eigenvalue weighted by atomic mass is 35.5. The number of rotatable bonds is 12. The number of halogens is 1. The van der Waals surface area contributed by atoms with Crippen molar-refractivity contribution in [1.29, 1.82) is 0 Å². The first-order valence-electron chi connectivity index (χ1n) is 9.44. The molecule has 0 bridgehead atoms. The number of hydrogen-bond acceptors (Lipinski definition) is 4. The average molecular weight is 427 g/mol. The van der Waals surface area contributed by atoms with E-state index in [1.807, 2.05) is 36.4 Å². The minimum atomic E-state index is -3.28. The largest absolute Gasteiger partial charge is 0.494 e. The third-order valence-corrected chi connectivity index (χ3v) is 5.67. The summed E-state index contributed by atoms with van der Waals surface area (Å²) in [6.45, 7) is 4.27. The van der Waals surface area contributed by atoms with Crippen LogP contribution in [0.2, 0.25) is 0 Å². The summed E-state index contributed by atoms with van der Waals surface area (Å²) < 4.78 is 31.7. The highest BCUT2D eigenvalue weighted by molar-refractivity contribution is 7.88. The van der Waals surface area contributed by atoms with E-state index in [4.69, 9.17) is 4.74 Å². The van der Waals surface area contributed by atoms with E-state index >= 15 is 0 Å². The SMILES string of the molecule is CCCCCOc1ccc(CNCc2ccccc2CS(=O)(=O)NC)cc1.Cl. The molecule has 0 atom stereocenters. The van der Waals surface area contributed by atoms with Gasteiger partial charge in [0.25, 0.3) is 0 Å². The summed E-state index contributed by atoms with van der Waals surface area (Å²) in [7, 11) is -1.84. The van der Waals surface area contributed by atoms with Crippen LogP contribution in [0.1, 0.15) is 42.9 Å². The first-order valence-corrected chi connectivity index (χ1v) is 11.1. The molecular weight excluding hydrogens is 396 g/mol. The van der Waals surface area contributed by atoms with Gasteiger partial charge >= 0.3 is 0 Å². The minimum absolute atomic E-state index is 0. The fourth-order valence-corrected chi connectivity index (χ4v) is 3.57. The number of nitrogens with one attached hydrogen (secondary N) is 2. The number of ether oxygens (including phenoxy) is 1. The van der Waals surface area contributed by atoms with Gasteiger partial charge in [-0.3, -0.25) is 0 Å². The van der Waals surface area contributed by atoms with Crippen molar-refractivity contribution >= 4 is 22.4 Å². The summed E-state index contributed by atoms with van der Waals surface area (Å²) in [4.78, 5) is 0. The molecule has 0 spiro atoms. The molecule has 2 N–H and O–H groups in total. The summed E-state index contributed by atoms with van der Waals surface area (Å²) in [5, 5.41) is 3.39. The zero-order chi connectivity index (χ0) is 19.5. The molecule has 0 aliphatic heterocycles. The van der Waals surface area contributed by atoms with Gasteiger partial charge in [0.05, 0.1) is 12.4 Å². The Hall–Kier alpha value is -1.60. The summed E-state index contributed by atoms with van der Waals surface area (Å²) in [6.07, 6.45) is 3.47. The maximum Gasteiger partial charge on any atom is 0.215 e. The molecule has 28 heavy (non-hydrogen) atoms. The van der Waals surface area contributed by atoms with Gasteiger partial charge in [-0.25, -0.2) is 13.1 Å². The van der Waals surface area contributed by atoms with Crippen LogP contribution in [0.5, 0.6) is 5.75 Å². The predicted molar refractivity (Wildman–Crippen MR) is 117 cm³/mol. The lowest BCUT2D eigenvalue weighted by molar-refractivity contribution is 0.306. The molecule has 0 aromatic heterocycles. The fraction of sp³-hybridized carbons (Fsp3) is 0.429. The van der Waals surface area contributed by atoms with Gasteiger partial charge in [-0.1, -0.05) is 56.2 Å². The molecule has 0 saturated carbocycles. The third kappa shape index (κ3) is 8.61. The van der Waals surface area contributed by atoms with Crippen LogP contribution < -0.4 is 14.8 Å². The van der Waals surface area contributed by atoms with Gasteiger partial charge in [0, 0.05) is 13.1 Å². The molecule has 7 heteroatoms. The van der Waals surface area contributed by atoms with E-state index < -0.39 is 10.0 Å². The third-order valence-electron chi connectivity index (χ3n) is 4.36. The van der Waals surface area contributed by atoms with E-state index in [9.17, 15) is 8.42 Å². The predicted octanol–water partition coefficient (Wildman–Crippen LogP) is 4.02. The van der Waals surface area contributed by atoms with Gasteiger partial charge in [0.2, 0.25) is 10.0 Å². The van der Waals surface area contributed by atoms with Gasteiger partial charge in [0.1, 0.15) is 5.75 Å². The van der Waals surface area contributed by atoms with E-state index in [0.29, 0.717) is 13.1 Å². The van der Waals surface area contributed by atoms with Crippen molar-refractivity contribution in [3.8, 4) is 5.75 Å². The van der Waals surface area contributed by atoms with Crippen molar-refractivity contribution in [3.05, 3.63) is 65.2 Å². The second kappa shape index (κ2) is 12.8. The monoisotopic (exact) mass is 426 g/mol. The highest BCUT2D eigenvalue weighted by Gasteiger charge is 2.11. The number of benzene rings is 2. The Morgan fingerprint density at radius 3 is 2.25 bits per heavy atom. The maximum absolute atomic E-state index is 11.8. The van der Waals surface area contributed by atoms with E-state index in [1.54, 1.807) is 0 Å². The van der Waals surface area contributed by atoms with Crippen molar-refractivity contribution in [1.82, 2.24) is 10.0 Å². The topological polar surface area (TPSA) is 67.4 Å². The highest BCUT2D eigenvalue weighted by Crippen LogP contribution is 2.14. The van der Waals surface area contributed by atoms with Crippen LogP contribution in [0.4, 0.5) is 0 Å². The van der Waals surface area contributed by atoms with E-state index in [-0.39, 0.29) is 18.2 Å². The van der Waals surface area contributed by atoms with Gasteiger partial charge in [0.15, 0.2) is 0 Å². The first-order chi connectivity index (χ1) is 13.0. The zero-order valence-electron chi connectivity index (χ0n) is 16.6. The first kappa shape index (κ1) is 24.4. The summed E-state index contributed by atoms with van der Waals surface area (Å²) in [5.41, 5.74) is 2.97. The summed E-state index contributed by atoms with van der Waals surface area (Å²) >= 11 is 0. The van der Waals surface area contributed by atoms with Crippen LogP contribution in [-0.4, -0.2) is 22.1 Å². The molecule has 0 aliphatic carbocycles. The van der Waals surface area contributed by atoms with Crippen LogP contribution in [0, 0.1) is 0 Å².